The van der Waals surface area contributed by atoms with Crippen molar-refractivity contribution in [2.75, 3.05) is 99.8 Å². The number of piperazine rings is 1. The molecule has 3 aromatic carbocycles. The van der Waals surface area contributed by atoms with Gasteiger partial charge < -0.3 is 39.5 Å². The van der Waals surface area contributed by atoms with Gasteiger partial charge in [0, 0.05) is 125 Å². The normalized spacial score (nSPS) is 19.6. The number of benzene rings is 3. The van der Waals surface area contributed by atoms with E-state index in [0.29, 0.717) is 80.7 Å². The molecular weight excluding hydrogens is 979 g/mol. The number of methoxy groups -OCH3 is 1. The summed E-state index contributed by atoms with van der Waals surface area (Å²) in [5.41, 5.74) is 8.25. The van der Waals surface area contributed by atoms with Crippen molar-refractivity contribution in [2.24, 2.45) is 13.0 Å². The van der Waals surface area contributed by atoms with Crippen molar-refractivity contribution in [3.8, 4) is 16.9 Å². The van der Waals surface area contributed by atoms with Gasteiger partial charge in [0.15, 0.2) is 5.82 Å². The van der Waals surface area contributed by atoms with Gasteiger partial charge in [-0.1, -0.05) is 11.6 Å². The van der Waals surface area contributed by atoms with Gasteiger partial charge in [0.05, 0.1) is 41.7 Å². The minimum Gasteiger partial charge on any atom is -0.494 e. The molecule has 0 saturated carbocycles. The number of fused-ring (bicyclic) bond motifs is 2. The summed E-state index contributed by atoms with van der Waals surface area (Å²) in [6.07, 6.45) is 13.8. The second-order valence-electron chi connectivity index (χ2n) is 20.6. The number of rotatable bonds is 13. The lowest BCUT2D eigenvalue weighted by atomic mass is 9.92. The zero-order valence-corrected chi connectivity index (χ0v) is 43.9. The van der Waals surface area contributed by atoms with E-state index in [1.54, 1.807) is 37.7 Å². The highest BCUT2D eigenvalue weighted by Crippen LogP contribution is 2.44. The highest BCUT2D eigenvalue weighted by atomic mass is 35.5. The van der Waals surface area contributed by atoms with Gasteiger partial charge in [-0.05, 0) is 106 Å². The van der Waals surface area contributed by atoms with Gasteiger partial charge in [0.25, 0.3) is 5.91 Å². The maximum atomic E-state index is 13.6. The van der Waals surface area contributed by atoms with E-state index in [4.69, 9.17) is 21.3 Å². The molecule has 5 aliphatic heterocycles. The maximum absolute atomic E-state index is 13.6. The molecule has 3 amide bonds. The molecule has 386 valence electrons. The quantitative estimate of drug-likeness (QED) is 0.0838. The Morgan fingerprint density at radius 2 is 1.61 bits per heavy atom. The summed E-state index contributed by atoms with van der Waals surface area (Å²) in [4.78, 5) is 67.6. The predicted octanol–water partition coefficient (Wildman–Crippen LogP) is 6.48. The third-order valence-corrected chi connectivity index (χ3v) is 17.3. The van der Waals surface area contributed by atoms with Crippen LogP contribution < -0.4 is 35.8 Å². The molecule has 0 spiro atoms. The van der Waals surface area contributed by atoms with Crippen molar-refractivity contribution in [3.63, 3.8) is 0 Å². The third-order valence-electron chi connectivity index (χ3n) is 15.5. The summed E-state index contributed by atoms with van der Waals surface area (Å²) in [6, 6.07) is 13.8. The van der Waals surface area contributed by atoms with Crippen LogP contribution in [0.5, 0.6) is 5.75 Å². The van der Waals surface area contributed by atoms with Crippen molar-refractivity contribution < 1.29 is 23.7 Å². The van der Waals surface area contributed by atoms with Gasteiger partial charge in [0.1, 0.15) is 29.5 Å². The zero-order chi connectivity index (χ0) is 51.3. The summed E-state index contributed by atoms with van der Waals surface area (Å²) in [7, 11) is 0.755. The largest absolute Gasteiger partial charge is 0.494 e. The third kappa shape index (κ3) is 10.1. The van der Waals surface area contributed by atoms with Gasteiger partial charge in [0.2, 0.25) is 17.8 Å². The Kier molecular flexibility index (Phi) is 13.8. The molecule has 0 aliphatic carbocycles. The lowest BCUT2D eigenvalue weighted by Gasteiger charge is -2.44. The molecule has 74 heavy (non-hydrogen) atoms. The van der Waals surface area contributed by atoms with E-state index in [1.165, 1.54) is 19.0 Å². The van der Waals surface area contributed by atoms with Crippen LogP contribution in [0.2, 0.25) is 5.02 Å². The van der Waals surface area contributed by atoms with Crippen LogP contribution in [0, 0.1) is 5.92 Å². The molecular formula is C53H62ClN14O5P. The molecule has 0 bridgehead atoms. The number of carbonyl (C=O) groups is 3. The number of hydrogen-bond acceptors (Lipinski definition) is 16. The van der Waals surface area contributed by atoms with Crippen LogP contribution in [0.3, 0.4) is 0 Å². The molecule has 19 nitrogen and oxygen atoms in total. The lowest BCUT2D eigenvalue weighted by molar-refractivity contribution is -0.136. The van der Waals surface area contributed by atoms with Crippen LogP contribution in [0.15, 0.2) is 73.4 Å². The highest BCUT2D eigenvalue weighted by Gasteiger charge is 2.40. The van der Waals surface area contributed by atoms with Gasteiger partial charge in [-0.2, -0.15) is 10.1 Å². The summed E-state index contributed by atoms with van der Waals surface area (Å²) in [5.74, 6) is 1.15. The number of piperidine rings is 3. The van der Waals surface area contributed by atoms with Crippen molar-refractivity contribution in [3.05, 3.63) is 89.6 Å². The monoisotopic (exact) mass is 1040 g/mol. The molecule has 3 aromatic heterocycles. The van der Waals surface area contributed by atoms with Crippen LogP contribution in [0.25, 0.3) is 22.2 Å². The Morgan fingerprint density at radius 1 is 0.824 bits per heavy atom. The predicted molar refractivity (Wildman–Crippen MR) is 288 cm³/mol. The van der Waals surface area contributed by atoms with E-state index in [-0.39, 0.29) is 24.1 Å². The summed E-state index contributed by atoms with van der Waals surface area (Å²) in [5, 5.41) is 14.5. The Labute approximate surface area is 435 Å². The van der Waals surface area contributed by atoms with E-state index >= 15 is 0 Å². The average Bonchev–Trinajstić information content (AvgIpc) is 3.99. The first kappa shape index (κ1) is 49.5. The molecule has 4 saturated heterocycles. The summed E-state index contributed by atoms with van der Waals surface area (Å²) < 4.78 is 21.5. The van der Waals surface area contributed by atoms with E-state index in [1.807, 2.05) is 48.4 Å². The number of aryl methyl sites for hydroxylation is 1. The standard InChI is InChI=1S/C53H62ClN14O5P/c1-63-31-35(28-58-63)39-26-43(60-53-57-29-40(54)50(62-53)59-42-8-7-41-48(56-16-15-55-41)49(42)74(3,4)72)46(73-2)27-45(39)67-19-13-36(14-20-67)65-17-11-33(12-18-65)30-64-21-23-66(24-22-64)37-5-6-38-34(25-37)32-68(52(38)71)44-9-10-47(69)61-51(44)70/h5-8,15-16,25-29,31,33,36,44H,9-14,17-24,30,32H2,1-4H3,(H,61,69,70)(H2,57,59,60,62)/t44-/m0/s1. The highest BCUT2D eigenvalue weighted by molar-refractivity contribution is 7.71. The minimum absolute atomic E-state index is 0.134. The van der Waals surface area contributed by atoms with Crippen molar-refractivity contribution in [1.82, 2.24) is 49.7 Å². The number of amides is 3. The lowest BCUT2D eigenvalue weighted by Crippen LogP contribution is -2.52. The second-order valence-corrected chi connectivity index (χ2v) is 24.1. The Bertz CT molecular complexity index is 3180. The van der Waals surface area contributed by atoms with E-state index in [2.05, 4.69) is 73.8 Å². The minimum atomic E-state index is -2.83. The summed E-state index contributed by atoms with van der Waals surface area (Å²) in [6.45, 7) is 12.9. The number of halogens is 1. The van der Waals surface area contributed by atoms with E-state index < -0.39 is 13.2 Å². The van der Waals surface area contributed by atoms with Crippen molar-refractivity contribution in [2.45, 2.75) is 57.2 Å². The van der Waals surface area contributed by atoms with E-state index in [9.17, 15) is 18.9 Å². The van der Waals surface area contributed by atoms with Crippen LogP contribution in [0.4, 0.5) is 34.5 Å². The smallest absolute Gasteiger partial charge is 0.255 e. The number of anilines is 6. The number of nitrogens with zero attached hydrogens (tertiary/aromatic N) is 11. The SMILES string of the molecule is COc1cc(N2CCC(N3CCC(CN4CCN(c5ccc6c(c5)CN([C@H]5CCC(=O)NC5=O)C6=O)CC4)CC3)CC2)c(-c2cnn(C)c2)cc1Nc1ncc(Cl)c(Nc2ccc3nccnc3c2P(C)(C)=O)n1. The van der Waals surface area contributed by atoms with Gasteiger partial charge in [-0.15, -0.1) is 0 Å². The molecule has 1 atom stereocenters. The average molecular weight is 1040 g/mol. The fourth-order valence-electron chi connectivity index (χ4n) is 11.6. The molecule has 8 heterocycles. The number of aromatic nitrogens is 6. The first-order valence-corrected chi connectivity index (χ1v) is 28.5. The van der Waals surface area contributed by atoms with Crippen molar-refractivity contribution in [1.29, 1.82) is 0 Å². The number of imide groups is 1. The zero-order valence-electron chi connectivity index (χ0n) is 42.3. The van der Waals surface area contributed by atoms with E-state index in [0.717, 1.165) is 99.8 Å². The van der Waals surface area contributed by atoms with Gasteiger partial charge >= 0.3 is 0 Å². The Balaban J connectivity index is 0.698. The first-order chi connectivity index (χ1) is 35.8. The van der Waals surface area contributed by atoms with Crippen LogP contribution in [-0.2, 0) is 27.7 Å². The first-order valence-electron chi connectivity index (χ1n) is 25.6. The number of likely N-dealkylation sites (tertiary alicyclic amines) is 1. The van der Waals surface area contributed by atoms with Crippen LogP contribution >= 0.6 is 18.7 Å². The molecule has 0 radical (unpaired) electrons. The molecule has 11 rings (SSSR count). The fraction of sp³-hybridized carbons (Fsp3) is 0.434. The molecule has 4 fully saturated rings. The molecule has 3 N–H and O–H groups in total. The molecule has 0 unspecified atom stereocenters. The topological polar surface area (TPSA) is 199 Å². The maximum Gasteiger partial charge on any atom is 0.255 e. The molecule has 6 aromatic rings. The van der Waals surface area contributed by atoms with Crippen molar-refractivity contribution >= 4 is 87.3 Å². The fourth-order valence-corrected chi connectivity index (χ4v) is 13.1. The summed E-state index contributed by atoms with van der Waals surface area (Å²) >= 11 is 6.69. The Morgan fingerprint density at radius 3 is 2.34 bits per heavy atom. The second kappa shape index (κ2) is 20.6. The number of carbonyl (C=O) groups excluding carboxylic acids is 3. The van der Waals surface area contributed by atoms with Crippen LogP contribution in [0.1, 0.15) is 54.4 Å². The van der Waals surface area contributed by atoms with Crippen LogP contribution in [-0.4, -0.2) is 154 Å². The number of hydrogen-bond donors (Lipinski definition) is 3. The van der Waals surface area contributed by atoms with Gasteiger partial charge in [-0.25, -0.2) is 4.98 Å². The number of nitrogens with one attached hydrogen (secondary N) is 3. The number of ether oxygens (including phenoxy) is 1. The van der Waals surface area contributed by atoms with Gasteiger partial charge in [-0.3, -0.25) is 39.3 Å². The Hall–Kier alpha value is -6.66. The molecule has 5 aliphatic rings. The molecule has 21 heteroatoms.